The number of aliphatic hydroxyl groups is 1. The Morgan fingerprint density at radius 1 is 1.26 bits per heavy atom. The number of rotatable bonds is 6. The van der Waals surface area contributed by atoms with E-state index in [0.29, 0.717) is 17.8 Å². The lowest BCUT2D eigenvalue weighted by Crippen LogP contribution is -2.48. The van der Waals surface area contributed by atoms with E-state index in [1.54, 1.807) is 0 Å². The van der Waals surface area contributed by atoms with Gasteiger partial charge in [-0.1, -0.05) is 41.7 Å². The predicted octanol–water partition coefficient (Wildman–Crippen LogP) is 2.40. The molecule has 31 heavy (non-hydrogen) atoms. The number of benzene rings is 1. The summed E-state index contributed by atoms with van der Waals surface area (Å²) in [4.78, 5) is 15.9. The lowest BCUT2D eigenvalue weighted by Gasteiger charge is -2.37. The highest BCUT2D eigenvalue weighted by Crippen LogP contribution is 2.39. The summed E-state index contributed by atoms with van der Waals surface area (Å²) in [5, 5.41) is 18.2. The summed E-state index contributed by atoms with van der Waals surface area (Å²) in [6, 6.07) is 10.6. The molecule has 1 aliphatic heterocycles. The van der Waals surface area contributed by atoms with Gasteiger partial charge in [0, 0.05) is 31.1 Å². The molecule has 4 rings (SSSR count). The fourth-order valence-corrected chi connectivity index (χ4v) is 5.66. The van der Waals surface area contributed by atoms with E-state index in [0.717, 1.165) is 69.2 Å². The van der Waals surface area contributed by atoms with Crippen LogP contribution in [0, 0.1) is 0 Å². The molecule has 0 radical (unpaired) electrons. The molecule has 2 heterocycles. The van der Waals surface area contributed by atoms with E-state index in [9.17, 15) is 9.90 Å². The van der Waals surface area contributed by atoms with Crippen LogP contribution in [-0.2, 0) is 16.6 Å². The quantitative estimate of drug-likeness (QED) is 0.666. The van der Waals surface area contributed by atoms with E-state index in [1.165, 1.54) is 5.56 Å². The third-order valence-electron chi connectivity index (χ3n) is 6.87. The molecule has 2 aromatic rings. The Morgan fingerprint density at radius 3 is 2.74 bits per heavy atom. The lowest BCUT2D eigenvalue weighted by molar-refractivity contribution is -0.0236. The Hall–Kier alpha value is -1.87. The molecule has 1 saturated heterocycles. The standard InChI is InChI=1S/C23H32N4O3S/c1-2-18-21(31-26-25-18)22(29)24-16-23(17-6-4-3-5-7-17)10-8-19(20(28)9-11-23)27-12-14-30-15-13-27/h3-7,19-20,28H,2,8-16H2,1H3,(H,24,29)/t19-,20-,23-/m1/s1. The molecule has 1 amide bonds. The van der Waals surface area contributed by atoms with Crippen LogP contribution in [0.25, 0.3) is 0 Å². The van der Waals surface area contributed by atoms with Gasteiger partial charge in [-0.05, 0) is 49.2 Å². The van der Waals surface area contributed by atoms with E-state index < -0.39 is 0 Å². The number of aryl methyl sites for hydroxylation is 1. The Bertz CT molecular complexity index is 856. The Balaban J connectivity index is 1.53. The molecular formula is C23H32N4O3S. The fourth-order valence-electron chi connectivity index (χ4n) is 4.99. The van der Waals surface area contributed by atoms with Gasteiger partial charge in [-0.15, -0.1) is 5.10 Å². The summed E-state index contributed by atoms with van der Waals surface area (Å²) in [6.07, 6.45) is 3.69. The molecule has 1 aromatic heterocycles. The van der Waals surface area contributed by atoms with Gasteiger partial charge < -0.3 is 15.2 Å². The third-order valence-corrected chi connectivity index (χ3v) is 7.63. The number of carbonyl (C=O) groups is 1. The minimum atomic E-state index is -0.364. The first-order valence-corrected chi connectivity index (χ1v) is 12.0. The van der Waals surface area contributed by atoms with E-state index in [4.69, 9.17) is 4.74 Å². The molecule has 1 aliphatic carbocycles. The summed E-state index contributed by atoms with van der Waals surface area (Å²) in [5.74, 6) is -0.100. The minimum absolute atomic E-state index is 0.100. The Kier molecular flexibility index (Phi) is 7.32. The van der Waals surface area contributed by atoms with Crippen LogP contribution >= 0.6 is 11.5 Å². The van der Waals surface area contributed by atoms with Gasteiger partial charge in [0.1, 0.15) is 4.88 Å². The number of amides is 1. The molecular weight excluding hydrogens is 412 g/mol. The van der Waals surface area contributed by atoms with Gasteiger partial charge in [-0.25, -0.2) is 0 Å². The largest absolute Gasteiger partial charge is 0.391 e. The van der Waals surface area contributed by atoms with Gasteiger partial charge >= 0.3 is 0 Å². The normalized spacial score (nSPS) is 27.5. The maximum Gasteiger partial charge on any atom is 0.264 e. The lowest BCUT2D eigenvalue weighted by atomic mass is 9.74. The average molecular weight is 445 g/mol. The van der Waals surface area contributed by atoms with E-state index in [-0.39, 0.29) is 23.5 Å². The van der Waals surface area contributed by atoms with Crippen molar-refractivity contribution in [2.75, 3.05) is 32.8 Å². The van der Waals surface area contributed by atoms with Crippen LogP contribution in [0.1, 0.15) is 53.5 Å². The van der Waals surface area contributed by atoms with Crippen molar-refractivity contribution >= 4 is 17.4 Å². The summed E-state index contributed by atoms with van der Waals surface area (Å²) in [7, 11) is 0. The number of ether oxygens (including phenoxy) is 1. The SMILES string of the molecule is CCc1nnsc1C(=O)NC[C@]1(c2ccccc2)CC[C@@H](O)[C@H](N2CCOCC2)CC1. The first-order chi connectivity index (χ1) is 15.1. The van der Waals surface area contributed by atoms with Gasteiger partial charge in [0.2, 0.25) is 0 Å². The van der Waals surface area contributed by atoms with Crippen molar-refractivity contribution < 1.29 is 14.6 Å². The smallest absolute Gasteiger partial charge is 0.264 e. The van der Waals surface area contributed by atoms with Crippen molar-refractivity contribution in [1.82, 2.24) is 19.8 Å². The molecule has 0 spiro atoms. The van der Waals surface area contributed by atoms with Crippen LogP contribution in [0.4, 0.5) is 0 Å². The molecule has 2 fully saturated rings. The number of morpholine rings is 1. The average Bonchev–Trinajstić information content (AvgIpc) is 3.24. The molecule has 2 N–H and O–H groups in total. The highest BCUT2D eigenvalue weighted by molar-refractivity contribution is 7.08. The maximum absolute atomic E-state index is 12.9. The summed E-state index contributed by atoms with van der Waals surface area (Å²) >= 11 is 1.16. The number of carbonyl (C=O) groups excluding carboxylic acids is 1. The second-order valence-corrected chi connectivity index (χ2v) is 9.35. The van der Waals surface area contributed by atoms with Crippen LogP contribution in [0.2, 0.25) is 0 Å². The second kappa shape index (κ2) is 10.2. The second-order valence-electron chi connectivity index (χ2n) is 8.59. The maximum atomic E-state index is 12.9. The molecule has 1 aromatic carbocycles. The van der Waals surface area contributed by atoms with E-state index in [2.05, 4.69) is 44.1 Å². The summed E-state index contributed by atoms with van der Waals surface area (Å²) in [6.45, 7) is 5.72. The van der Waals surface area contributed by atoms with Crippen molar-refractivity contribution in [2.24, 2.45) is 0 Å². The molecule has 168 valence electrons. The topological polar surface area (TPSA) is 87.6 Å². The van der Waals surface area contributed by atoms with Gasteiger partial charge in [0.05, 0.1) is 25.0 Å². The highest BCUT2D eigenvalue weighted by atomic mass is 32.1. The van der Waals surface area contributed by atoms with Crippen molar-refractivity contribution in [2.45, 2.75) is 56.6 Å². The highest BCUT2D eigenvalue weighted by Gasteiger charge is 2.40. The summed E-state index contributed by atoms with van der Waals surface area (Å²) < 4.78 is 9.46. The van der Waals surface area contributed by atoms with Crippen LogP contribution < -0.4 is 5.32 Å². The predicted molar refractivity (Wildman–Crippen MR) is 120 cm³/mol. The van der Waals surface area contributed by atoms with Gasteiger partial charge in [-0.2, -0.15) is 0 Å². The number of hydrogen-bond acceptors (Lipinski definition) is 7. The van der Waals surface area contributed by atoms with Crippen molar-refractivity contribution in [1.29, 1.82) is 0 Å². The number of hydrogen-bond donors (Lipinski definition) is 2. The van der Waals surface area contributed by atoms with Crippen molar-refractivity contribution in [3.8, 4) is 0 Å². The van der Waals surface area contributed by atoms with Crippen LogP contribution in [-0.4, -0.2) is 70.5 Å². The zero-order valence-corrected chi connectivity index (χ0v) is 18.9. The molecule has 1 saturated carbocycles. The first-order valence-electron chi connectivity index (χ1n) is 11.3. The molecule has 0 unspecified atom stereocenters. The van der Waals surface area contributed by atoms with Crippen LogP contribution in [0.5, 0.6) is 0 Å². The Morgan fingerprint density at radius 2 is 2.00 bits per heavy atom. The zero-order chi connectivity index (χ0) is 21.7. The van der Waals surface area contributed by atoms with Gasteiger partial charge in [-0.3, -0.25) is 9.69 Å². The third kappa shape index (κ3) is 4.98. The van der Waals surface area contributed by atoms with Gasteiger partial charge in [0.15, 0.2) is 0 Å². The summed E-state index contributed by atoms with van der Waals surface area (Å²) in [5.41, 5.74) is 1.77. The molecule has 8 heteroatoms. The molecule has 2 aliphatic rings. The van der Waals surface area contributed by atoms with E-state index in [1.807, 2.05) is 13.0 Å². The number of nitrogens with one attached hydrogen (secondary N) is 1. The first kappa shape index (κ1) is 22.3. The number of aliphatic hydroxyl groups excluding tert-OH is 1. The number of aromatic nitrogens is 2. The zero-order valence-electron chi connectivity index (χ0n) is 18.1. The monoisotopic (exact) mass is 444 g/mol. The molecule has 7 nitrogen and oxygen atoms in total. The number of nitrogens with zero attached hydrogens (tertiary/aromatic N) is 3. The van der Waals surface area contributed by atoms with Crippen LogP contribution in [0.15, 0.2) is 30.3 Å². The van der Waals surface area contributed by atoms with Gasteiger partial charge in [0.25, 0.3) is 5.91 Å². The Labute approximate surface area is 188 Å². The minimum Gasteiger partial charge on any atom is -0.391 e. The van der Waals surface area contributed by atoms with E-state index >= 15 is 0 Å². The molecule has 0 bridgehead atoms. The molecule has 3 atom stereocenters. The van der Waals surface area contributed by atoms with Crippen molar-refractivity contribution in [3.05, 3.63) is 46.5 Å². The fraction of sp³-hybridized carbons (Fsp3) is 0.609. The van der Waals surface area contributed by atoms with Crippen molar-refractivity contribution in [3.63, 3.8) is 0 Å². The van der Waals surface area contributed by atoms with Crippen LogP contribution in [0.3, 0.4) is 0 Å².